The molecule has 0 bridgehead atoms. The molecule has 0 aliphatic heterocycles. The Balaban J connectivity index is 2.04. The summed E-state index contributed by atoms with van der Waals surface area (Å²) in [6.07, 6.45) is -4.72. The summed E-state index contributed by atoms with van der Waals surface area (Å²) in [7, 11) is 0. The van der Waals surface area contributed by atoms with Crippen molar-refractivity contribution in [1.29, 1.82) is 0 Å². The fourth-order valence-corrected chi connectivity index (χ4v) is 2.13. The van der Waals surface area contributed by atoms with Gasteiger partial charge in [0.1, 0.15) is 5.82 Å². The minimum atomic E-state index is -4.72. The fourth-order valence-electron chi connectivity index (χ4n) is 1.96. The molecule has 0 spiro atoms. The first kappa shape index (κ1) is 18.7. The Morgan fingerprint density at radius 1 is 1.08 bits per heavy atom. The number of hydrogen-bond acceptors (Lipinski definition) is 2. The van der Waals surface area contributed by atoms with Crippen molar-refractivity contribution in [2.75, 3.05) is 11.9 Å². The Morgan fingerprint density at radius 2 is 1.76 bits per heavy atom. The van der Waals surface area contributed by atoms with Gasteiger partial charge in [0, 0.05) is 5.02 Å². The Hall–Kier alpha value is -2.61. The Morgan fingerprint density at radius 3 is 2.40 bits per heavy atom. The average molecular weight is 375 g/mol. The van der Waals surface area contributed by atoms with Crippen LogP contribution in [0.25, 0.3) is 0 Å². The van der Waals surface area contributed by atoms with Gasteiger partial charge in [0.25, 0.3) is 5.91 Å². The predicted octanol–water partition coefficient (Wildman–Crippen LogP) is 3.87. The first-order valence-electron chi connectivity index (χ1n) is 6.88. The number of alkyl halides is 3. The molecule has 0 aliphatic rings. The lowest BCUT2D eigenvalue weighted by Gasteiger charge is -2.14. The quantitative estimate of drug-likeness (QED) is 0.798. The number of benzene rings is 2. The van der Waals surface area contributed by atoms with Crippen molar-refractivity contribution in [3.05, 3.63) is 64.4 Å². The lowest BCUT2D eigenvalue weighted by atomic mass is 10.1. The van der Waals surface area contributed by atoms with E-state index >= 15 is 0 Å². The first-order valence-corrected chi connectivity index (χ1v) is 7.25. The van der Waals surface area contributed by atoms with Gasteiger partial charge in [-0.1, -0.05) is 23.7 Å². The van der Waals surface area contributed by atoms with E-state index in [1.54, 1.807) is 0 Å². The molecule has 0 fully saturated rings. The summed E-state index contributed by atoms with van der Waals surface area (Å²) >= 11 is 5.54. The number of rotatable bonds is 4. The molecule has 2 N–H and O–H groups in total. The molecule has 0 atom stereocenters. The highest BCUT2D eigenvalue weighted by molar-refractivity contribution is 6.30. The smallest absolute Gasteiger partial charge is 0.343 e. The van der Waals surface area contributed by atoms with Gasteiger partial charge >= 0.3 is 6.18 Å². The second-order valence-corrected chi connectivity index (χ2v) is 5.33. The molecular formula is C16H11ClF4N2O2. The SMILES string of the molecule is O=C(CNC(=O)c1ccccc1F)Nc1ccc(Cl)cc1C(F)(F)F. The highest BCUT2D eigenvalue weighted by atomic mass is 35.5. The third-order valence-corrected chi connectivity index (χ3v) is 3.32. The number of nitrogens with one attached hydrogen (secondary N) is 2. The highest BCUT2D eigenvalue weighted by Gasteiger charge is 2.34. The summed E-state index contributed by atoms with van der Waals surface area (Å²) in [5, 5.41) is 4.03. The van der Waals surface area contributed by atoms with Crippen LogP contribution in [0.3, 0.4) is 0 Å². The van der Waals surface area contributed by atoms with Gasteiger partial charge in [-0.05, 0) is 30.3 Å². The Labute approximate surface area is 144 Å². The highest BCUT2D eigenvalue weighted by Crippen LogP contribution is 2.36. The number of hydrogen-bond donors (Lipinski definition) is 2. The van der Waals surface area contributed by atoms with E-state index in [1.165, 1.54) is 24.3 Å². The summed E-state index contributed by atoms with van der Waals surface area (Å²) in [5.41, 5.74) is -1.89. The van der Waals surface area contributed by atoms with E-state index in [1.807, 2.05) is 5.32 Å². The molecule has 2 aromatic carbocycles. The van der Waals surface area contributed by atoms with E-state index in [9.17, 15) is 27.2 Å². The van der Waals surface area contributed by atoms with E-state index in [2.05, 4.69) is 5.32 Å². The van der Waals surface area contributed by atoms with Crippen molar-refractivity contribution < 1.29 is 27.2 Å². The lowest BCUT2D eigenvalue weighted by molar-refractivity contribution is -0.137. The maximum absolute atomic E-state index is 13.4. The summed E-state index contributed by atoms with van der Waals surface area (Å²) in [5.74, 6) is -2.55. The molecule has 0 aromatic heterocycles. The summed E-state index contributed by atoms with van der Waals surface area (Å²) in [6.45, 7) is -0.632. The monoisotopic (exact) mass is 374 g/mol. The zero-order valence-corrected chi connectivity index (χ0v) is 13.2. The molecule has 0 unspecified atom stereocenters. The molecule has 25 heavy (non-hydrogen) atoms. The molecule has 0 saturated carbocycles. The van der Waals surface area contributed by atoms with Crippen molar-refractivity contribution in [3.63, 3.8) is 0 Å². The average Bonchev–Trinajstić information content (AvgIpc) is 2.54. The van der Waals surface area contributed by atoms with Crippen molar-refractivity contribution in [3.8, 4) is 0 Å². The van der Waals surface area contributed by atoms with Crippen LogP contribution in [0.2, 0.25) is 5.02 Å². The summed E-state index contributed by atoms with van der Waals surface area (Å²) in [6, 6.07) is 7.96. The molecule has 132 valence electrons. The van der Waals surface area contributed by atoms with E-state index < -0.39 is 41.6 Å². The van der Waals surface area contributed by atoms with Crippen molar-refractivity contribution >= 4 is 29.1 Å². The molecule has 0 heterocycles. The van der Waals surface area contributed by atoms with Crippen LogP contribution in [-0.4, -0.2) is 18.4 Å². The molecule has 4 nitrogen and oxygen atoms in total. The van der Waals surface area contributed by atoms with Crippen LogP contribution in [0.1, 0.15) is 15.9 Å². The topological polar surface area (TPSA) is 58.2 Å². The molecule has 0 radical (unpaired) electrons. The van der Waals surface area contributed by atoms with Gasteiger partial charge in [-0.3, -0.25) is 9.59 Å². The van der Waals surface area contributed by atoms with Crippen LogP contribution < -0.4 is 10.6 Å². The maximum atomic E-state index is 13.4. The molecule has 0 saturated heterocycles. The number of carbonyl (C=O) groups excluding carboxylic acids is 2. The zero-order chi connectivity index (χ0) is 18.6. The first-order chi connectivity index (χ1) is 11.7. The minimum absolute atomic E-state index is 0.141. The summed E-state index contributed by atoms with van der Waals surface area (Å²) < 4.78 is 52.2. The van der Waals surface area contributed by atoms with Crippen LogP contribution in [-0.2, 0) is 11.0 Å². The third kappa shape index (κ3) is 4.93. The molecule has 2 aromatic rings. The van der Waals surface area contributed by atoms with Crippen molar-refractivity contribution in [2.24, 2.45) is 0 Å². The van der Waals surface area contributed by atoms with E-state index in [0.717, 1.165) is 12.1 Å². The number of anilines is 1. The molecule has 9 heteroatoms. The standard InChI is InChI=1S/C16H11ClF4N2O2/c17-9-5-6-13(11(7-9)16(19,20)21)23-14(24)8-22-15(25)10-3-1-2-4-12(10)18/h1-7H,8H2,(H,22,25)(H,23,24). The van der Waals surface area contributed by atoms with E-state index in [4.69, 9.17) is 11.6 Å². The Kier molecular flexibility index (Phi) is 5.63. The zero-order valence-electron chi connectivity index (χ0n) is 12.5. The lowest BCUT2D eigenvalue weighted by Crippen LogP contribution is -2.33. The molecule has 0 aliphatic carbocycles. The van der Waals surface area contributed by atoms with E-state index in [0.29, 0.717) is 6.07 Å². The van der Waals surface area contributed by atoms with Crippen LogP contribution in [0.5, 0.6) is 0 Å². The molecule has 2 amide bonds. The van der Waals surface area contributed by atoms with Crippen LogP contribution in [0.4, 0.5) is 23.2 Å². The van der Waals surface area contributed by atoms with Crippen LogP contribution >= 0.6 is 11.6 Å². The van der Waals surface area contributed by atoms with E-state index in [-0.39, 0.29) is 10.6 Å². The number of amides is 2. The number of halogens is 5. The van der Waals surface area contributed by atoms with Gasteiger partial charge in [-0.2, -0.15) is 13.2 Å². The van der Waals surface area contributed by atoms with Gasteiger partial charge in [0.2, 0.25) is 5.91 Å². The van der Waals surface area contributed by atoms with Crippen LogP contribution in [0.15, 0.2) is 42.5 Å². The maximum Gasteiger partial charge on any atom is 0.418 e. The molecular weight excluding hydrogens is 364 g/mol. The van der Waals surface area contributed by atoms with Crippen LogP contribution in [0, 0.1) is 5.82 Å². The van der Waals surface area contributed by atoms with Gasteiger partial charge in [0.15, 0.2) is 0 Å². The normalized spacial score (nSPS) is 11.1. The van der Waals surface area contributed by atoms with Gasteiger partial charge in [0.05, 0.1) is 23.4 Å². The van der Waals surface area contributed by atoms with Gasteiger partial charge in [-0.25, -0.2) is 4.39 Å². The van der Waals surface area contributed by atoms with Crippen molar-refractivity contribution in [1.82, 2.24) is 5.32 Å². The Bertz CT molecular complexity index is 809. The van der Waals surface area contributed by atoms with Gasteiger partial charge in [-0.15, -0.1) is 0 Å². The predicted molar refractivity (Wildman–Crippen MR) is 83.8 cm³/mol. The largest absolute Gasteiger partial charge is 0.418 e. The third-order valence-electron chi connectivity index (χ3n) is 3.09. The summed E-state index contributed by atoms with van der Waals surface area (Å²) in [4.78, 5) is 23.5. The number of carbonyl (C=O) groups is 2. The molecule has 2 rings (SSSR count). The second-order valence-electron chi connectivity index (χ2n) is 4.90. The second kappa shape index (κ2) is 7.52. The minimum Gasteiger partial charge on any atom is -0.343 e. The van der Waals surface area contributed by atoms with Crippen molar-refractivity contribution in [2.45, 2.75) is 6.18 Å². The van der Waals surface area contributed by atoms with Gasteiger partial charge < -0.3 is 10.6 Å². The fraction of sp³-hybridized carbons (Fsp3) is 0.125.